The normalized spacial score (nSPS) is 21.0. The number of aryl methyl sites for hydroxylation is 1. The highest BCUT2D eigenvalue weighted by atomic mass is 16.5. The second kappa shape index (κ2) is 6.31. The Bertz CT molecular complexity index is 587. The van der Waals surface area contributed by atoms with E-state index in [2.05, 4.69) is 47.8 Å². The van der Waals surface area contributed by atoms with Crippen molar-refractivity contribution in [3.63, 3.8) is 0 Å². The van der Waals surface area contributed by atoms with E-state index in [0.29, 0.717) is 18.6 Å². The van der Waals surface area contributed by atoms with Crippen molar-refractivity contribution in [2.24, 2.45) is 0 Å². The summed E-state index contributed by atoms with van der Waals surface area (Å²) < 4.78 is 6.98. The van der Waals surface area contributed by atoms with Crippen LogP contribution in [0.2, 0.25) is 0 Å². The summed E-state index contributed by atoms with van der Waals surface area (Å²) in [6.45, 7) is 3.70. The summed E-state index contributed by atoms with van der Waals surface area (Å²) in [6, 6.07) is 9.29. The van der Waals surface area contributed by atoms with Gasteiger partial charge in [-0.1, -0.05) is 24.3 Å². The minimum Gasteiger partial charge on any atom is -0.383 e. The Labute approximate surface area is 126 Å². The van der Waals surface area contributed by atoms with Crippen LogP contribution in [0, 0.1) is 6.92 Å². The van der Waals surface area contributed by atoms with E-state index >= 15 is 0 Å². The van der Waals surface area contributed by atoms with Crippen molar-refractivity contribution < 1.29 is 4.74 Å². The molecule has 1 saturated carbocycles. The lowest BCUT2D eigenvalue weighted by Crippen LogP contribution is -2.34. The monoisotopic (exact) mass is 285 g/mol. The van der Waals surface area contributed by atoms with Gasteiger partial charge in [0.2, 0.25) is 0 Å². The summed E-state index contributed by atoms with van der Waals surface area (Å²) >= 11 is 0. The zero-order valence-electron chi connectivity index (χ0n) is 12.7. The van der Waals surface area contributed by atoms with Crippen molar-refractivity contribution in [3.05, 3.63) is 47.8 Å². The fraction of sp³-hybridized carbons (Fsp3) is 0.471. The molecule has 1 aliphatic carbocycles. The van der Waals surface area contributed by atoms with Gasteiger partial charge in [-0.15, -0.1) is 0 Å². The van der Waals surface area contributed by atoms with E-state index in [9.17, 15) is 0 Å². The Hall–Kier alpha value is -1.81. The van der Waals surface area contributed by atoms with E-state index in [1.807, 2.05) is 10.9 Å². The van der Waals surface area contributed by atoms with Crippen molar-refractivity contribution in [1.29, 1.82) is 0 Å². The molecule has 4 nitrogen and oxygen atoms in total. The van der Waals surface area contributed by atoms with Crippen molar-refractivity contribution in [2.45, 2.75) is 38.3 Å². The number of hydrogen-bond acceptors (Lipinski definition) is 3. The molecular weight excluding hydrogens is 262 g/mol. The number of benzene rings is 1. The van der Waals surface area contributed by atoms with Gasteiger partial charge in [0.15, 0.2) is 0 Å². The van der Waals surface area contributed by atoms with Gasteiger partial charge in [0.05, 0.1) is 25.0 Å². The van der Waals surface area contributed by atoms with Gasteiger partial charge in [-0.05, 0) is 36.8 Å². The number of nitrogens with one attached hydrogen (secondary N) is 1. The molecule has 0 spiro atoms. The Morgan fingerprint density at radius 2 is 2.14 bits per heavy atom. The molecule has 1 aromatic carbocycles. The third-order valence-electron chi connectivity index (χ3n) is 4.29. The molecule has 1 aromatic heterocycles. The number of aromatic nitrogens is 2. The number of rotatable bonds is 6. The molecule has 0 unspecified atom stereocenters. The van der Waals surface area contributed by atoms with E-state index in [1.165, 1.54) is 24.0 Å². The van der Waals surface area contributed by atoms with Gasteiger partial charge in [0.25, 0.3) is 0 Å². The molecule has 1 N–H and O–H groups in total. The van der Waals surface area contributed by atoms with Gasteiger partial charge >= 0.3 is 0 Å². The van der Waals surface area contributed by atoms with Crippen LogP contribution in [0.1, 0.15) is 29.9 Å². The number of anilines is 1. The van der Waals surface area contributed by atoms with Gasteiger partial charge in [0, 0.05) is 19.3 Å². The molecule has 3 rings (SSSR count). The number of ether oxygens (including phenoxy) is 1. The molecule has 0 aliphatic heterocycles. The first kappa shape index (κ1) is 14.1. The lowest BCUT2D eigenvalue weighted by molar-refractivity contribution is 0.183. The lowest BCUT2D eigenvalue weighted by atomic mass is 9.74. The molecule has 1 fully saturated rings. The minimum atomic E-state index is 0.565. The number of nitrogens with zero attached hydrogens (tertiary/aromatic N) is 2. The number of hydrogen-bond donors (Lipinski definition) is 1. The lowest BCUT2D eigenvalue weighted by Gasteiger charge is -2.37. The highest BCUT2D eigenvalue weighted by Crippen LogP contribution is 2.39. The zero-order chi connectivity index (χ0) is 14.7. The third kappa shape index (κ3) is 3.27. The maximum Gasteiger partial charge on any atom is 0.0728 e. The van der Waals surface area contributed by atoms with Crippen LogP contribution in [0.25, 0.3) is 0 Å². The standard InChI is InChI=1S/C17H23N3O/c1-13-5-3-4-6-17(13)14-9-15(10-14)19-16-11-18-20(12-16)7-8-21-2/h3-6,11-12,14-15,19H,7-10H2,1-2H3. The molecule has 1 aliphatic rings. The van der Waals surface area contributed by atoms with Crippen LogP contribution >= 0.6 is 0 Å². The van der Waals surface area contributed by atoms with Crippen LogP contribution in [-0.4, -0.2) is 29.5 Å². The summed E-state index contributed by atoms with van der Waals surface area (Å²) in [5.74, 6) is 0.701. The molecule has 0 bridgehead atoms. The molecule has 21 heavy (non-hydrogen) atoms. The highest BCUT2D eigenvalue weighted by Gasteiger charge is 2.31. The second-order valence-corrected chi connectivity index (χ2v) is 5.85. The van der Waals surface area contributed by atoms with Crippen LogP contribution in [-0.2, 0) is 11.3 Å². The van der Waals surface area contributed by atoms with Gasteiger partial charge in [0.1, 0.15) is 0 Å². The van der Waals surface area contributed by atoms with Gasteiger partial charge in [-0.25, -0.2) is 0 Å². The van der Waals surface area contributed by atoms with Crippen molar-refractivity contribution in [3.8, 4) is 0 Å². The van der Waals surface area contributed by atoms with Crippen LogP contribution in [0.3, 0.4) is 0 Å². The fourth-order valence-electron chi connectivity index (χ4n) is 3.02. The predicted octanol–water partition coefficient (Wildman–Crippen LogP) is 3.20. The van der Waals surface area contributed by atoms with Crippen LogP contribution in [0.15, 0.2) is 36.7 Å². The number of methoxy groups -OCH3 is 1. The van der Waals surface area contributed by atoms with Crippen LogP contribution in [0.4, 0.5) is 5.69 Å². The molecule has 1 heterocycles. The molecule has 2 aromatic rings. The quantitative estimate of drug-likeness (QED) is 0.886. The molecule has 112 valence electrons. The molecule has 0 amide bonds. The average molecular weight is 285 g/mol. The summed E-state index contributed by atoms with van der Waals surface area (Å²) in [5, 5.41) is 7.90. The van der Waals surface area contributed by atoms with Crippen LogP contribution in [0.5, 0.6) is 0 Å². The summed E-state index contributed by atoms with van der Waals surface area (Å²) in [4.78, 5) is 0. The predicted molar refractivity (Wildman–Crippen MR) is 84.7 cm³/mol. The Morgan fingerprint density at radius 1 is 1.33 bits per heavy atom. The smallest absolute Gasteiger partial charge is 0.0728 e. The minimum absolute atomic E-state index is 0.565. The Morgan fingerprint density at radius 3 is 2.90 bits per heavy atom. The Kier molecular flexibility index (Phi) is 4.25. The van der Waals surface area contributed by atoms with Crippen molar-refractivity contribution in [2.75, 3.05) is 19.0 Å². The van der Waals surface area contributed by atoms with E-state index < -0.39 is 0 Å². The van der Waals surface area contributed by atoms with Crippen molar-refractivity contribution >= 4 is 5.69 Å². The van der Waals surface area contributed by atoms with E-state index in [-0.39, 0.29) is 0 Å². The summed E-state index contributed by atoms with van der Waals surface area (Å²) in [6.07, 6.45) is 6.36. The first-order valence-corrected chi connectivity index (χ1v) is 7.59. The topological polar surface area (TPSA) is 39.1 Å². The first-order chi connectivity index (χ1) is 10.3. The molecule has 0 atom stereocenters. The zero-order valence-corrected chi connectivity index (χ0v) is 12.7. The van der Waals surface area contributed by atoms with Gasteiger partial charge in [-0.2, -0.15) is 5.10 Å². The van der Waals surface area contributed by atoms with Crippen LogP contribution < -0.4 is 5.32 Å². The van der Waals surface area contributed by atoms with E-state index in [0.717, 1.165) is 12.2 Å². The Balaban J connectivity index is 1.51. The average Bonchev–Trinajstić information content (AvgIpc) is 2.89. The molecule has 0 radical (unpaired) electrons. The SMILES string of the molecule is COCCn1cc(NC2CC(c3ccccc3C)C2)cn1. The third-order valence-corrected chi connectivity index (χ3v) is 4.29. The maximum atomic E-state index is 5.06. The fourth-order valence-corrected chi connectivity index (χ4v) is 3.02. The summed E-state index contributed by atoms with van der Waals surface area (Å²) in [7, 11) is 1.71. The molecule has 0 saturated heterocycles. The largest absolute Gasteiger partial charge is 0.383 e. The highest BCUT2D eigenvalue weighted by molar-refractivity contribution is 5.41. The maximum absolute atomic E-state index is 5.06. The summed E-state index contributed by atoms with van der Waals surface area (Å²) in [5.41, 5.74) is 4.03. The van der Waals surface area contributed by atoms with E-state index in [1.54, 1.807) is 7.11 Å². The van der Waals surface area contributed by atoms with Gasteiger partial charge < -0.3 is 10.1 Å². The van der Waals surface area contributed by atoms with Crippen molar-refractivity contribution in [1.82, 2.24) is 9.78 Å². The second-order valence-electron chi connectivity index (χ2n) is 5.85. The van der Waals surface area contributed by atoms with Gasteiger partial charge in [-0.3, -0.25) is 4.68 Å². The molecule has 4 heteroatoms. The molecular formula is C17H23N3O. The first-order valence-electron chi connectivity index (χ1n) is 7.59. The van der Waals surface area contributed by atoms with E-state index in [4.69, 9.17) is 4.74 Å².